The standard InChI is InChI=1S/C16H15N3O4/c1-11-9-12(7-8-15(11)23-2)10-17-18-16(20)13-5-3-4-6-14(13)19(21)22/h3-10H,1-2H3,(H,18,20)/b17-10+. The van der Waals surface area contributed by atoms with E-state index in [0.717, 1.165) is 16.9 Å². The number of hydrogen-bond donors (Lipinski definition) is 1. The van der Waals surface area contributed by atoms with Crippen molar-refractivity contribution in [2.45, 2.75) is 6.92 Å². The van der Waals surface area contributed by atoms with Crippen molar-refractivity contribution < 1.29 is 14.5 Å². The lowest BCUT2D eigenvalue weighted by Crippen LogP contribution is -2.18. The zero-order valence-corrected chi connectivity index (χ0v) is 12.6. The van der Waals surface area contributed by atoms with Crippen LogP contribution in [0.25, 0.3) is 0 Å². The minimum absolute atomic E-state index is 0.0411. The van der Waals surface area contributed by atoms with Crippen LogP contribution in [0.2, 0.25) is 0 Å². The number of aryl methyl sites for hydroxylation is 1. The molecule has 0 saturated heterocycles. The number of rotatable bonds is 5. The summed E-state index contributed by atoms with van der Waals surface area (Å²) in [6.45, 7) is 1.89. The van der Waals surface area contributed by atoms with Crippen molar-refractivity contribution in [2.75, 3.05) is 7.11 Å². The van der Waals surface area contributed by atoms with Crippen LogP contribution in [0.5, 0.6) is 5.75 Å². The lowest BCUT2D eigenvalue weighted by Gasteiger charge is -2.04. The number of nitrogens with zero attached hydrogens (tertiary/aromatic N) is 2. The van der Waals surface area contributed by atoms with Gasteiger partial charge in [-0.25, -0.2) is 5.43 Å². The van der Waals surface area contributed by atoms with E-state index in [1.54, 1.807) is 25.3 Å². The minimum Gasteiger partial charge on any atom is -0.496 e. The Morgan fingerprint density at radius 1 is 1.30 bits per heavy atom. The van der Waals surface area contributed by atoms with Gasteiger partial charge in [0.15, 0.2) is 0 Å². The molecule has 118 valence electrons. The third kappa shape index (κ3) is 3.91. The van der Waals surface area contributed by atoms with Gasteiger partial charge in [0, 0.05) is 6.07 Å². The molecule has 2 aromatic rings. The van der Waals surface area contributed by atoms with Gasteiger partial charge in [0.2, 0.25) is 0 Å². The van der Waals surface area contributed by atoms with Crippen molar-refractivity contribution in [2.24, 2.45) is 5.10 Å². The van der Waals surface area contributed by atoms with E-state index in [1.807, 2.05) is 13.0 Å². The third-order valence-corrected chi connectivity index (χ3v) is 3.14. The number of carbonyl (C=O) groups excluding carboxylic acids is 1. The number of amides is 1. The van der Waals surface area contributed by atoms with Gasteiger partial charge in [-0.2, -0.15) is 5.10 Å². The predicted octanol–water partition coefficient (Wildman–Crippen LogP) is 2.68. The molecule has 0 saturated carbocycles. The van der Waals surface area contributed by atoms with Gasteiger partial charge < -0.3 is 4.74 Å². The number of ether oxygens (including phenoxy) is 1. The van der Waals surface area contributed by atoms with E-state index in [9.17, 15) is 14.9 Å². The van der Waals surface area contributed by atoms with Crippen molar-refractivity contribution in [3.8, 4) is 5.75 Å². The molecule has 0 spiro atoms. The smallest absolute Gasteiger partial charge is 0.282 e. The van der Waals surface area contributed by atoms with Crippen LogP contribution in [0, 0.1) is 17.0 Å². The van der Waals surface area contributed by atoms with Crippen molar-refractivity contribution in [1.29, 1.82) is 0 Å². The number of nitrogens with one attached hydrogen (secondary N) is 1. The maximum absolute atomic E-state index is 12.0. The summed E-state index contributed by atoms with van der Waals surface area (Å²) in [7, 11) is 1.59. The molecule has 1 N–H and O–H groups in total. The largest absolute Gasteiger partial charge is 0.496 e. The van der Waals surface area contributed by atoms with Gasteiger partial charge in [0.25, 0.3) is 11.6 Å². The number of benzene rings is 2. The van der Waals surface area contributed by atoms with E-state index < -0.39 is 10.8 Å². The highest BCUT2D eigenvalue weighted by Crippen LogP contribution is 2.18. The molecular weight excluding hydrogens is 298 g/mol. The summed E-state index contributed by atoms with van der Waals surface area (Å²) in [6, 6.07) is 11.1. The Balaban J connectivity index is 2.10. The quantitative estimate of drug-likeness (QED) is 0.521. The highest BCUT2D eigenvalue weighted by Gasteiger charge is 2.18. The second kappa shape index (κ2) is 7.17. The summed E-state index contributed by atoms with van der Waals surface area (Å²) in [5.41, 5.74) is 3.68. The first-order valence-electron chi connectivity index (χ1n) is 6.74. The lowest BCUT2D eigenvalue weighted by atomic mass is 10.1. The van der Waals surface area contributed by atoms with Gasteiger partial charge >= 0.3 is 0 Å². The number of hydrazone groups is 1. The van der Waals surface area contributed by atoms with Crippen LogP contribution in [-0.4, -0.2) is 24.2 Å². The SMILES string of the molecule is COc1ccc(/C=N/NC(=O)c2ccccc2[N+](=O)[O-])cc1C. The van der Waals surface area contributed by atoms with E-state index in [1.165, 1.54) is 24.4 Å². The Bertz CT molecular complexity index is 772. The molecule has 0 aliphatic carbocycles. The van der Waals surface area contributed by atoms with Crippen molar-refractivity contribution in [3.05, 3.63) is 69.3 Å². The molecule has 2 rings (SSSR count). The maximum atomic E-state index is 12.0. The van der Waals surface area contributed by atoms with Crippen LogP contribution in [0.3, 0.4) is 0 Å². The number of nitro benzene ring substituents is 1. The van der Waals surface area contributed by atoms with E-state index in [0.29, 0.717) is 0 Å². The van der Waals surface area contributed by atoms with Crippen molar-refractivity contribution in [1.82, 2.24) is 5.43 Å². The first-order valence-corrected chi connectivity index (χ1v) is 6.74. The van der Waals surface area contributed by atoms with Crippen LogP contribution in [0.4, 0.5) is 5.69 Å². The molecule has 0 radical (unpaired) electrons. The van der Waals surface area contributed by atoms with Crippen LogP contribution in [0.1, 0.15) is 21.5 Å². The second-order valence-corrected chi connectivity index (χ2v) is 4.70. The fraction of sp³-hybridized carbons (Fsp3) is 0.125. The Labute approximate surface area is 132 Å². The minimum atomic E-state index is -0.640. The molecule has 0 aliphatic rings. The summed E-state index contributed by atoms with van der Waals surface area (Å²) in [4.78, 5) is 22.3. The van der Waals surface area contributed by atoms with Gasteiger partial charge in [-0.1, -0.05) is 12.1 Å². The molecule has 0 bridgehead atoms. The molecule has 0 aliphatic heterocycles. The molecular formula is C16H15N3O4. The number of nitro groups is 1. The molecule has 0 unspecified atom stereocenters. The second-order valence-electron chi connectivity index (χ2n) is 4.70. The monoisotopic (exact) mass is 313 g/mol. The Hall–Kier alpha value is -3.22. The number of carbonyl (C=O) groups is 1. The molecule has 0 heterocycles. The van der Waals surface area contributed by atoms with Gasteiger partial charge in [-0.3, -0.25) is 14.9 Å². The predicted molar refractivity (Wildman–Crippen MR) is 85.9 cm³/mol. The van der Waals surface area contributed by atoms with Gasteiger partial charge in [0.05, 0.1) is 18.2 Å². The van der Waals surface area contributed by atoms with Gasteiger partial charge in [0.1, 0.15) is 11.3 Å². The topological polar surface area (TPSA) is 93.8 Å². The van der Waals surface area contributed by atoms with E-state index in [4.69, 9.17) is 4.74 Å². The van der Waals surface area contributed by atoms with Gasteiger partial charge in [-0.05, 0) is 42.3 Å². The highest BCUT2D eigenvalue weighted by atomic mass is 16.6. The normalized spacial score (nSPS) is 10.5. The first-order chi connectivity index (χ1) is 11.0. The Morgan fingerprint density at radius 3 is 2.70 bits per heavy atom. The average molecular weight is 313 g/mol. The van der Waals surface area contributed by atoms with E-state index in [-0.39, 0.29) is 11.3 Å². The maximum Gasteiger partial charge on any atom is 0.282 e. The zero-order chi connectivity index (χ0) is 16.8. The van der Waals surface area contributed by atoms with Crippen LogP contribution in [0.15, 0.2) is 47.6 Å². The number of methoxy groups -OCH3 is 1. The molecule has 2 aromatic carbocycles. The highest BCUT2D eigenvalue weighted by molar-refractivity contribution is 5.98. The summed E-state index contributed by atoms with van der Waals surface area (Å²) in [5.74, 6) is 0.116. The summed E-state index contributed by atoms with van der Waals surface area (Å²) in [5, 5.41) is 14.7. The fourth-order valence-electron chi connectivity index (χ4n) is 2.03. The van der Waals surface area contributed by atoms with Crippen LogP contribution < -0.4 is 10.2 Å². The van der Waals surface area contributed by atoms with Gasteiger partial charge in [-0.15, -0.1) is 0 Å². The number of para-hydroxylation sites is 1. The lowest BCUT2D eigenvalue weighted by molar-refractivity contribution is -0.385. The Kier molecular flexibility index (Phi) is 5.03. The summed E-state index contributed by atoms with van der Waals surface area (Å²) < 4.78 is 5.16. The molecule has 0 fully saturated rings. The van der Waals surface area contributed by atoms with E-state index >= 15 is 0 Å². The molecule has 7 nitrogen and oxygen atoms in total. The first kappa shape index (κ1) is 16.2. The van der Waals surface area contributed by atoms with Crippen LogP contribution in [-0.2, 0) is 0 Å². The summed E-state index contributed by atoms with van der Waals surface area (Å²) in [6.07, 6.45) is 1.46. The van der Waals surface area contributed by atoms with E-state index in [2.05, 4.69) is 10.5 Å². The average Bonchev–Trinajstić information content (AvgIpc) is 2.55. The van der Waals surface area contributed by atoms with Crippen molar-refractivity contribution in [3.63, 3.8) is 0 Å². The van der Waals surface area contributed by atoms with Crippen molar-refractivity contribution >= 4 is 17.8 Å². The molecule has 1 amide bonds. The molecule has 0 aromatic heterocycles. The third-order valence-electron chi connectivity index (χ3n) is 3.14. The molecule has 0 atom stereocenters. The zero-order valence-electron chi connectivity index (χ0n) is 12.6. The molecule has 7 heteroatoms. The fourth-order valence-corrected chi connectivity index (χ4v) is 2.03. The summed E-state index contributed by atoms with van der Waals surface area (Å²) >= 11 is 0. The Morgan fingerprint density at radius 2 is 2.04 bits per heavy atom. The van der Waals surface area contributed by atoms with Crippen LogP contribution >= 0.6 is 0 Å². The number of hydrogen-bond acceptors (Lipinski definition) is 5. The molecule has 23 heavy (non-hydrogen) atoms.